The Hall–Kier alpha value is -1.52. The maximum atomic E-state index is 12.1. The summed E-state index contributed by atoms with van der Waals surface area (Å²) in [6, 6.07) is 5.53. The van der Waals surface area contributed by atoms with Gasteiger partial charge in [0.2, 0.25) is 5.91 Å². The molecule has 1 amide bonds. The van der Waals surface area contributed by atoms with Gasteiger partial charge in [-0.15, -0.1) is 0 Å². The van der Waals surface area contributed by atoms with E-state index in [4.69, 9.17) is 27.6 Å². The van der Waals surface area contributed by atoms with E-state index < -0.39 is 0 Å². The average Bonchev–Trinajstić information content (AvgIpc) is 3.04. The highest BCUT2D eigenvalue weighted by atomic mass is 35.5. The van der Waals surface area contributed by atoms with Crippen molar-refractivity contribution >= 4 is 29.1 Å². The number of nitrogens with zero attached hydrogens (tertiary/aromatic N) is 1. The number of carbonyl (C=O) groups is 1. The number of oxazole rings is 1. The lowest BCUT2D eigenvalue weighted by Crippen LogP contribution is -2.37. The van der Waals surface area contributed by atoms with Crippen molar-refractivity contribution in [1.29, 1.82) is 0 Å². The summed E-state index contributed by atoms with van der Waals surface area (Å²) in [5.74, 6) is 1.95. The Morgan fingerprint density at radius 2 is 2.04 bits per heavy atom. The van der Waals surface area contributed by atoms with Crippen LogP contribution in [0.5, 0.6) is 0 Å². The van der Waals surface area contributed by atoms with Gasteiger partial charge in [-0.25, -0.2) is 4.98 Å². The number of nitrogens with one attached hydrogen (secondary N) is 1. The van der Waals surface area contributed by atoms with Crippen LogP contribution in [0.25, 0.3) is 11.3 Å². The van der Waals surface area contributed by atoms with Crippen LogP contribution in [0.1, 0.15) is 44.9 Å². The molecule has 0 aliphatic heterocycles. The van der Waals surface area contributed by atoms with Crippen LogP contribution in [0.4, 0.5) is 0 Å². The molecule has 1 N–H and O–H groups in total. The summed E-state index contributed by atoms with van der Waals surface area (Å²) in [4.78, 5) is 16.4. The number of rotatable bonds is 5. The number of aryl methyl sites for hydroxylation is 1. The minimum absolute atomic E-state index is 0.0591. The van der Waals surface area contributed by atoms with Crippen molar-refractivity contribution in [3.8, 4) is 11.3 Å². The second-order valence-electron chi connectivity index (χ2n) is 6.77. The molecule has 0 radical (unpaired) electrons. The van der Waals surface area contributed by atoms with Crippen molar-refractivity contribution < 1.29 is 9.21 Å². The Balaban J connectivity index is 1.52. The van der Waals surface area contributed by atoms with E-state index in [1.807, 2.05) is 0 Å². The third-order valence-electron chi connectivity index (χ3n) is 4.70. The van der Waals surface area contributed by atoms with Crippen molar-refractivity contribution in [3.05, 3.63) is 40.3 Å². The quantitative estimate of drug-likeness (QED) is 0.767. The molecule has 1 saturated carbocycles. The van der Waals surface area contributed by atoms with Gasteiger partial charge in [0.15, 0.2) is 11.7 Å². The van der Waals surface area contributed by atoms with Gasteiger partial charge in [-0.1, -0.05) is 30.1 Å². The molecule has 0 bridgehead atoms. The zero-order valence-corrected chi connectivity index (χ0v) is 15.7. The number of hydrogen-bond donors (Lipinski definition) is 1. The molecule has 2 aromatic rings. The van der Waals surface area contributed by atoms with E-state index in [2.05, 4.69) is 17.2 Å². The monoisotopic (exact) mass is 380 g/mol. The summed E-state index contributed by atoms with van der Waals surface area (Å²) in [5, 5.41) is 4.20. The summed E-state index contributed by atoms with van der Waals surface area (Å²) in [5.41, 5.74) is 0.741. The third-order valence-corrected chi connectivity index (χ3v) is 5.24. The molecule has 0 saturated heterocycles. The van der Waals surface area contributed by atoms with Crippen LogP contribution in [-0.4, -0.2) is 16.9 Å². The molecule has 0 unspecified atom stereocenters. The molecule has 0 atom stereocenters. The maximum absolute atomic E-state index is 12.1. The second kappa shape index (κ2) is 8.24. The molecule has 1 aromatic carbocycles. The van der Waals surface area contributed by atoms with Crippen LogP contribution in [0.2, 0.25) is 10.0 Å². The van der Waals surface area contributed by atoms with Gasteiger partial charge in [-0.3, -0.25) is 4.79 Å². The molecular weight excluding hydrogens is 359 g/mol. The minimum Gasteiger partial charge on any atom is -0.441 e. The zero-order valence-electron chi connectivity index (χ0n) is 14.2. The topological polar surface area (TPSA) is 55.1 Å². The van der Waals surface area contributed by atoms with E-state index >= 15 is 0 Å². The van der Waals surface area contributed by atoms with Crippen LogP contribution in [-0.2, 0) is 11.2 Å². The first-order chi connectivity index (χ1) is 12.0. The molecule has 6 heteroatoms. The molecule has 1 aliphatic rings. The standard InChI is InChI=1S/C19H22Cl2N2O2/c1-12-2-5-14(6-3-12)23-18(24)8-9-19-22-11-17(25-19)15-7-4-13(20)10-16(15)21/h4,7,10-12,14H,2-3,5-6,8-9H2,1H3,(H,23,24). The van der Waals surface area contributed by atoms with Crippen LogP contribution in [0.15, 0.2) is 28.8 Å². The van der Waals surface area contributed by atoms with Gasteiger partial charge in [0, 0.05) is 29.5 Å². The summed E-state index contributed by atoms with van der Waals surface area (Å²) >= 11 is 12.1. The van der Waals surface area contributed by atoms with Gasteiger partial charge in [-0.05, 0) is 49.8 Å². The number of halogens is 2. The van der Waals surface area contributed by atoms with Gasteiger partial charge in [0.25, 0.3) is 0 Å². The van der Waals surface area contributed by atoms with Crippen molar-refractivity contribution in [2.24, 2.45) is 5.92 Å². The zero-order chi connectivity index (χ0) is 17.8. The van der Waals surface area contributed by atoms with Gasteiger partial charge in [-0.2, -0.15) is 0 Å². The smallest absolute Gasteiger partial charge is 0.220 e. The van der Waals surface area contributed by atoms with E-state index in [0.717, 1.165) is 24.3 Å². The fourth-order valence-electron chi connectivity index (χ4n) is 3.16. The highest BCUT2D eigenvalue weighted by molar-refractivity contribution is 6.36. The molecule has 3 rings (SSSR count). The first-order valence-electron chi connectivity index (χ1n) is 8.70. The SMILES string of the molecule is CC1CCC(NC(=O)CCc2ncc(-c3ccc(Cl)cc3Cl)o2)CC1. The normalized spacial score (nSPS) is 20.4. The Labute approximate surface area is 157 Å². The van der Waals surface area contributed by atoms with Gasteiger partial charge in [0.05, 0.1) is 11.2 Å². The Kier molecular flexibility index (Phi) is 6.02. The minimum atomic E-state index is 0.0591. The van der Waals surface area contributed by atoms with E-state index in [0.29, 0.717) is 40.6 Å². The summed E-state index contributed by atoms with van der Waals surface area (Å²) in [6.45, 7) is 2.27. The fraction of sp³-hybridized carbons (Fsp3) is 0.474. The predicted octanol–water partition coefficient (Wildman–Crippen LogP) is 5.28. The highest BCUT2D eigenvalue weighted by Gasteiger charge is 2.20. The lowest BCUT2D eigenvalue weighted by Gasteiger charge is -2.26. The molecule has 25 heavy (non-hydrogen) atoms. The van der Waals surface area contributed by atoms with Crippen LogP contribution in [0.3, 0.4) is 0 Å². The first kappa shape index (κ1) is 18.3. The fourth-order valence-corrected chi connectivity index (χ4v) is 3.67. The predicted molar refractivity (Wildman–Crippen MR) is 99.8 cm³/mol. The number of carbonyl (C=O) groups excluding carboxylic acids is 1. The second-order valence-corrected chi connectivity index (χ2v) is 7.61. The molecule has 1 heterocycles. The maximum Gasteiger partial charge on any atom is 0.220 e. The van der Waals surface area contributed by atoms with Crippen LogP contribution >= 0.6 is 23.2 Å². The highest BCUT2D eigenvalue weighted by Crippen LogP contribution is 2.31. The molecular formula is C19H22Cl2N2O2. The molecule has 1 aliphatic carbocycles. The summed E-state index contributed by atoms with van der Waals surface area (Å²) < 4.78 is 5.73. The molecule has 4 nitrogen and oxygen atoms in total. The largest absolute Gasteiger partial charge is 0.441 e. The van der Waals surface area contributed by atoms with Gasteiger partial charge < -0.3 is 9.73 Å². The molecule has 1 aromatic heterocycles. The third kappa shape index (κ3) is 4.99. The lowest BCUT2D eigenvalue weighted by molar-refractivity contribution is -0.122. The number of amides is 1. The van der Waals surface area contributed by atoms with Crippen LogP contribution in [0, 0.1) is 5.92 Å². The van der Waals surface area contributed by atoms with Crippen molar-refractivity contribution in [2.75, 3.05) is 0 Å². The van der Waals surface area contributed by atoms with E-state index in [9.17, 15) is 4.79 Å². The van der Waals surface area contributed by atoms with E-state index in [-0.39, 0.29) is 5.91 Å². The van der Waals surface area contributed by atoms with Gasteiger partial charge >= 0.3 is 0 Å². The first-order valence-corrected chi connectivity index (χ1v) is 9.46. The number of aromatic nitrogens is 1. The summed E-state index contributed by atoms with van der Waals surface area (Å²) in [7, 11) is 0. The van der Waals surface area contributed by atoms with Crippen molar-refractivity contribution in [3.63, 3.8) is 0 Å². The number of hydrogen-bond acceptors (Lipinski definition) is 3. The molecule has 134 valence electrons. The summed E-state index contributed by atoms with van der Waals surface area (Å²) in [6.07, 6.45) is 7.01. The van der Waals surface area contributed by atoms with Gasteiger partial charge in [0.1, 0.15) is 0 Å². The molecule has 1 fully saturated rings. The lowest BCUT2D eigenvalue weighted by atomic mass is 9.87. The van der Waals surface area contributed by atoms with E-state index in [1.165, 1.54) is 12.8 Å². The van der Waals surface area contributed by atoms with Crippen LogP contribution < -0.4 is 5.32 Å². The van der Waals surface area contributed by atoms with Crippen molar-refractivity contribution in [1.82, 2.24) is 10.3 Å². The molecule has 0 spiro atoms. The average molecular weight is 381 g/mol. The Morgan fingerprint density at radius 3 is 2.76 bits per heavy atom. The Morgan fingerprint density at radius 1 is 1.28 bits per heavy atom. The van der Waals surface area contributed by atoms with Crippen molar-refractivity contribution in [2.45, 2.75) is 51.5 Å². The number of benzene rings is 1. The Bertz CT molecular complexity index is 737. The van der Waals surface area contributed by atoms with E-state index in [1.54, 1.807) is 24.4 Å².